The summed E-state index contributed by atoms with van der Waals surface area (Å²) in [7, 11) is 0. The Hall–Kier alpha value is -2.40. The summed E-state index contributed by atoms with van der Waals surface area (Å²) in [5.74, 6) is 0.858. The summed E-state index contributed by atoms with van der Waals surface area (Å²) in [5.41, 5.74) is 13.8. The summed E-state index contributed by atoms with van der Waals surface area (Å²) < 4.78 is 0. The Kier molecular flexibility index (Phi) is 3.58. The number of benzene rings is 1. The zero-order valence-corrected chi connectivity index (χ0v) is 11.6. The van der Waals surface area contributed by atoms with Crippen LogP contribution >= 0.6 is 0 Å². The highest BCUT2D eigenvalue weighted by molar-refractivity contribution is 5.92. The lowest BCUT2D eigenvalue weighted by atomic mass is 10.1. The van der Waals surface area contributed by atoms with Crippen molar-refractivity contribution in [2.45, 2.75) is 24.9 Å². The van der Waals surface area contributed by atoms with Crippen molar-refractivity contribution in [1.82, 2.24) is 4.98 Å². The molecule has 1 aliphatic rings. The normalized spacial score (nSPS) is 20.0. The lowest BCUT2D eigenvalue weighted by Crippen LogP contribution is -2.11. The molecule has 0 aliphatic heterocycles. The average molecular weight is 282 g/mol. The highest BCUT2D eigenvalue weighted by Gasteiger charge is 2.34. The van der Waals surface area contributed by atoms with Crippen LogP contribution in [0.15, 0.2) is 42.6 Å². The largest absolute Gasteiger partial charge is 0.366 e. The van der Waals surface area contributed by atoms with Gasteiger partial charge in [0.2, 0.25) is 5.91 Å². The van der Waals surface area contributed by atoms with Crippen LogP contribution in [0, 0.1) is 0 Å². The second-order valence-electron chi connectivity index (χ2n) is 5.40. The SMILES string of the molecule is NC(=O)c1cccc(CNc2ccc(C3CC3N)cn2)c1. The van der Waals surface area contributed by atoms with Gasteiger partial charge in [-0.05, 0) is 35.7 Å². The number of anilines is 1. The van der Waals surface area contributed by atoms with E-state index in [2.05, 4.69) is 16.4 Å². The van der Waals surface area contributed by atoms with Gasteiger partial charge >= 0.3 is 0 Å². The number of hydrogen-bond donors (Lipinski definition) is 3. The zero-order chi connectivity index (χ0) is 14.8. The predicted molar refractivity (Wildman–Crippen MR) is 81.9 cm³/mol. The monoisotopic (exact) mass is 282 g/mol. The van der Waals surface area contributed by atoms with Gasteiger partial charge < -0.3 is 16.8 Å². The van der Waals surface area contributed by atoms with Crippen LogP contribution in [0.3, 0.4) is 0 Å². The first-order valence-corrected chi connectivity index (χ1v) is 6.97. The van der Waals surface area contributed by atoms with Crippen molar-refractivity contribution in [2.75, 3.05) is 5.32 Å². The van der Waals surface area contributed by atoms with Gasteiger partial charge in [0.25, 0.3) is 0 Å². The molecule has 2 unspecified atom stereocenters. The van der Waals surface area contributed by atoms with E-state index in [1.54, 1.807) is 12.1 Å². The fraction of sp³-hybridized carbons (Fsp3) is 0.250. The highest BCUT2D eigenvalue weighted by atomic mass is 16.1. The van der Waals surface area contributed by atoms with Gasteiger partial charge in [0.05, 0.1) is 0 Å². The second-order valence-corrected chi connectivity index (χ2v) is 5.40. The molecule has 1 amide bonds. The molecule has 2 aromatic rings. The maximum Gasteiger partial charge on any atom is 0.248 e. The summed E-state index contributed by atoms with van der Waals surface area (Å²) in [6.07, 6.45) is 2.92. The molecule has 5 heteroatoms. The number of aromatic nitrogens is 1. The van der Waals surface area contributed by atoms with Crippen molar-refractivity contribution in [2.24, 2.45) is 11.5 Å². The summed E-state index contributed by atoms with van der Waals surface area (Å²) >= 11 is 0. The van der Waals surface area contributed by atoms with Crippen LogP contribution in [-0.4, -0.2) is 16.9 Å². The van der Waals surface area contributed by atoms with Crippen LogP contribution in [0.25, 0.3) is 0 Å². The number of rotatable bonds is 5. The van der Waals surface area contributed by atoms with Crippen LogP contribution in [0.4, 0.5) is 5.82 Å². The number of nitrogens with two attached hydrogens (primary N) is 2. The van der Waals surface area contributed by atoms with Gasteiger partial charge in [0.15, 0.2) is 0 Å². The van der Waals surface area contributed by atoms with Gasteiger partial charge in [-0.2, -0.15) is 0 Å². The number of carbonyl (C=O) groups is 1. The van der Waals surface area contributed by atoms with Crippen LogP contribution < -0.4 is 16.8 Å². The van der Waals surface area contributed by atoms with Crippen molar-refractivity contribution < 1.29 is 4.79 Å². The molecule has 5 N–H and O–H groups in total. The van der Waals surface area contributed by atoms with E-state index < -0.39 is 5.91 Å². The molecular weight excluding hydrogens is 264 g/mol. The molecule has 1 saturated carbocycles. The lowest BCUT2D eigenvalue weighted by molar-refractivity contribution is 0.1000. The van der Waals surface area contributed by atoms with Crippen LogP contribution in [0.2, 0.25) is 0 Å². The van der Waals surface area contributed by atoms with Gasteiger partial charge in [-0.15, -0.1) is 0 Å². The summed E-state index contributed by atoms with van der Waals surface area (Å²) in [5, 5.41) is 3.23. The molecule has 1 aliphatic carbocycles. The fourth-order valence-corrected chi connectivity index (χ4v) is 2.35. The quantitative estimate of drug-likeness (QED) is 0.776. The van der Waals surface area contributed by atoms with E-state index in [0.29, 0.717) is 24.1 Å². The van der Waals surface area contributed by atoms with E-state index in [4.69, 9.17) is 11.5 Å². The van der Waals surface area contributed by atoms with Crippen molar-refractivity contribution >= 4 is 11.7 Å². The third kappa shape index (κ3) is 3.20. The van der Waals surface area contributed by atoms with Crippen LogP contribution in [0.5, 0.6) is 0 Å². The van der Waals surface area contributed by atoms with Crippen LogP contribution in [0.1, 0.15) is 33.8 Å². The molecule has 0 spiro atoms. The van der Waals surface area contributed by atoms with Gasteiger partial charge in [-0.3, -0.25) is 4.79 Å². The van der Waals surface area contributed by atoms with E-state index in [1.807, 2.05) is 24.4 Å². The molecular formula is C16H18N4O. The van der Waals surface area contributed by atoms with Crippen molar-refractivity contribution in [3.05, 3.63) is 59.3 Å². The Morgan fingerprint density at radius 3 is 2.76 bits per heavy atom. The Bertz CT molecular complexity index is 654. The van der Waals surface area contributed by atoms with E-state index in [1.165, 1.54) is 5.56 Å². The standard InChI is InChI=1S/C16H18N4O/c17-14-7-13(14)12-4-5-15(20-9-12)19-8-10-2-1-3-11(6-10)16(18)21/h1-6,9,13-14H,7-8,17H2,(H2,18,21)(H,19,20). The molecule has 1 aromatic carbocycles. The molecule has 1 heterocycles. The topological polar surface area (TPSA) is 94.0 Å². The van der Waals surface area contributed by atoms with E-state index in [-0.39, 0.29) is 0 Å². The van der Waals surface area contributed by atoms with E-state index in [0.717, 1.165) is 17.8 Å². The van der Waals surface area contributed by atoms with Gasteiger partial charge in [-0.25, -0.2) is 4.98 Å². The third-order valence-corrected chi connectivity index (χ3v) is 3.74. The highest BCUT2D eigenvalue weighted by Crippen LogP contribution is 2.38. The van der Waals surface area contributed by atoms with Crippen molar-refractivity contribution in [1.29, 1.82) is 0 Å². The van der Waals surface area contributed by atoms with E-state index in [9.17, 15) is 4.79 Å². The molecule has 2 atom stereocenters. The molecule has 3 rings (SSSR count). The predicted octanol–water partition coefficient (Wildman–Crippen LogP) is 1.61. The minimum Gasteiger partial charge on any atom is -0.366 e. The summed E-state index contributed by atoms with van der Waals surface area (Å²) in [4.78, 5) is 15.5. The van der Waals surface area contributed by atoms with Gasteiger partial charge in [0.1, 0.15) is 5.82 Å². The smallest absolute Gasteiger partial charge is 0.248 e. The zero-order valence-electron chi connectivity index (χ0n) is 11.6. The third-order valence-electron chi connectivity index (χ3n) is 3.74. The maximum absolute atomic E-state index is 11.1. The number of carbonyl (C=O) groups excluding carboxylic acids is 1. The summed E-state index contributed by atoms with van der Waals surface area (Å²) in [6.45, 7) is 0.594. The molecule has 0 saturated heterocycles. The van der Waals surface area contributed by atoms with Crippen molar-refractivity contribution in [3.8, 4) is 0 Å². The van der Waals surface area contributed by atoms with Crippen molar-refractivity contribution in [3.63, 3.8) is 0 Å². The maximum atomic E-state index is 11.1. The van der Waals surface area contributed by atoms with Crippen LogP contribution in [-0.2, 0) is 6.54 Å². The average Bonchev–Trinajstić information content (AvgIpc) is 3.23. The summed E-state index contributed by atoms with van der Waals surface area (Å²) in [6, 6.07) is 11.6. The number of pyridine rings is 1. The molecule has 5 nitrogen and oxygen atoms in total. The molecule has 108 valence electrons. The Labute approximate surface area is 123 Å². The van der Waals surface area contributed by atoms with E-state index >= 15 is 0 Å². The number of nitrogens with one attached hydrogen (secondary N) is 1. The number of primary amides is 1. The first-order valence-electron chi connectivity index (χ1n) is 6.97. The second kappa shape index (κ2) is 5.54. The first-order chi connectivity index (χ1) is 10.1. The number of nitrogens with zero attached hydrogens (tertiary/aromatic N) is 1. The fourth-order valence-electron chi connectivity index (χ4n) is 2.35. The molecule has 0 radical (unpaired) electrons. The molecule has 21 heavy (non-hydrogen) atoms. The first kappa shape index (κ1) is 13.6. The Morgan fingerprint density at radius 1 is 1.33 bits per heavy atom. The molecule has 0 bridgehead atoms. The number of amides is 1. The van der Waals surface area contributed by atoms with Gasteiger partial charge in [0, 0.05) is 30.3 Å². The Balaban J connectivity index is 1.62. The molecule has 1 fully saturated rings. The Morgan fingerprint density at radius 2 is 2.14 bits per heavy atom. The minimum absolute atomic E-state index is 0.294. The minimum atomic E-state index is -0.417. The van der Waals surface area contributed by atoms with Gasteiger partial charge in [-0.1, -0.05) is 18.2 Å². The number of hydrogen-bond acceptors (Lipinski definition) is 4. The lowest BCUT2D eigenvalue weighted by Gasteiger charge is -2.07. The molecule has 1 aromatic heterocycles.